The van der Waals surface area contributed by atoms with E-state index in [1.807, 2.05) is 0 Å². The molecule has 0 heterocycles. The third kappa shape index (κ3) is 2.46. The average Bonchev–Trinajstić information content (AvgIpc) is 3.38. The van der Waals surface area contributed by atoms with Crippen LogP contribution in [0.2, 0.25) is 0 Å². The average molecular weight is 271 g/mol. The van der Waals surface area contributed by atoms with Crippen LogP contribution in [-0.2, 0) is 6.42 Å². The zero-order valence-electron chi connectivity index (χ0n) is 12.4. The lowest BCUT2D eigenvalue weighted by molar-refractivity contribution is 0.354. The molecule has 2 fully saturated rings. The van der Waals surface area contributed by atoms with Crippen LogP contribution >= 0.6 is 0 Å². The Balaban J connectivity index is 1.43. The molecule has 0 aliphatic heterocycles. The third-order valence-electron chi connectivity index (χ3n) is 5.49. The number of rotatable bonds is 6. The first-order chi connectivity index (χ1) is 9.85. The quantitative estimate of drug-likeness (QED) is 0.851. The summed E-state index contributed by atoms with van der Waals surface area (Å²) in [7, 11) is 1.76. The number of aryl methyl sites for hydroxylation is 1. The highest BCUT2D eigenvalue weighted by Gasteiger charge is 2.41. The van der Waals surface area contributed by atoms with Gasteiger partial charge >= 0.3 is 0 Å². The molecule has 0 spiro atoms. The van der Waals surface area contributed by atoms with Gasteiger partial charge in [-0.25, -0.2) is 0 Å². The molecule has 1 unspecified atom stereocenters. The Morgan fingerprint density at radius 2 is 1.90 bits per heavy atom. The van der Waals surface area contributed by atoms with Gasteiger partial charge in [-0.15, -0.1) is 0 Å². The van der Waals surface area contributed by atoms with Crippen LogP contribution in [0.1, 0.15) is 49.3 Å². The smallest absolute Gasteiger partial charge is 0.119 e. The first-order valence-corrected chi connectivity index (χ1v) is 8.25. The van der Waals surface area contributed by atoms with Crippen LogP contribution in [0.3, 0.4) is 0 Å². The molecule has 1 N–H and O–H groups in total. The molecule has 0 saturated heterocycles. The van der Waals surface area contributed by atoms with Gasteiger partial charge in [-0.05, 0) is 86.1 Å². The van der Waals surface area contributed by atoms with E-state index in [-0.39, 0.29) is 0 Å². The highest BCUT2D eigenvalue weighted by atomic mass is 16.5. The van der Waals surface area contributed by atoms with Crippen molar-refractivity contribution in [1.82, 2.24) is 5.32 Å². The Morgan fingerprint density at radius 3 is 2.55 bits per heavy atom. The van der Waals surface area contributed by atoms with Crippen LogP contribution in [0.25, 0.3) is 0 Å². The normalized spacial score (nSPS) is 25.0. The molecule has 1 atom stereocenters. The Hall–Kier alpha value is -1.02. The van der Waals surface area contributed by atoms with E-state index in [2.05, 4.69) is 23.5 Å². The predicted molar refractivity (Wildman–Crippen MR) is 81.0 cm³/mol. The van der Waals surface area contributed by atoms with Gasteiger partial charge in [-0.1, -0.05) is 6.07 Å². The summed E-state index contributed by atoms with van der Waals surface area (Å²) in [5.41, 5.74) is 2.99. The van der Waals surface area contributed by atoms with Crippen molar-refractivity contribution in [3.63, 3.8) is 0 Å². The van der Waals surface area contributed by atoms with Gasteiger partial charge in [-0.2, -0.15) is 0 Å². The van der Waals surface area contributed by atoms with Gasteiger partial charge in [0, 0.05) is 6.04 Å². The zero-order valence-corrected chi connectivity index (χ0v) is 12.4. The number of fused-ring (bicyclic) bond motifs is 1. The molecule has 3 aliphatic rings. The maximum absolute atomic E-state index is 5.38. The van der Waals surface area contributed by atoms with Crippen molar-refractivity contribution in [3.05, 3.63) is 29.3 Å². The monoisotopic (exact) mass is 271 g/mol. The molecule has 108 valence electrons. The van der Waals surface area contributed by atoms with Gasteiger partial charge in [-0.3, -0.25) is 0 Å². The number of methoxy groups -OCH3 is 1. The van der Waals surface area contributed by atoms with Crippen molar-refractivity contribution in [2.45, 2.75) is 44.6 Å². The van der Waals surface area contributed by atoms with Gasteiger partial charge in [0.2, 0.25) is 0 Å². The van der Waals surface area contributed by atoms with Gasteiger partial charge in [0.15, 0.2) is 0 Å². The first-order valence-electron chi connectivity index (χ1n) is 8.25. The van der Waals surface area contributed by atoms with Crippen molar-refractivity contribution in [1.29, 1.82) is 0 Å². The van der Waals surface area contributed by atoms with Crippen molar-refractivity contribution < 1.29 is 4.74 Å². The minimum absolute atomic E-state index is 0.556. The van der Waals surface area contributed by atoms with E-state index in [1.54, 1.807) is 7.11 Å². The van der Waals surface area contributed by atoms with Crippen molar-refractivity contribution in [2.75, 3.05) is 13.7 Å². The second kappa shape index (κ2) is 5.07. The van der Waals surface area contributed by atoms with Gasteiger partial charge < -0.3 is 10.1 Å². The molecular formula is C18H25NO. The minimum Gasteiger partial charge on any atom is -0.497 e. The predicted octanol–water partition coefficient (Wildman–Crippen LogP) is 3.71. The summed E-state index contributed by atoms with van der Waals surface area (Å²) in [6.07, 6.45) is 8.41. The molecule has 0 amide bonds. The fourth-order valence-electron chi connectivity index (χ4n) is 3.96. The molecular weight excluding hydrogens is 246 g/mol. The lowest BCUT2D eigenvalue weighted by Gasteiger charge is -2.21. The number of nitrogens with one attached hydrogen (secondary N) is 1. The third-order valence-corrected chi connectivity index (χ3v) is 5.49. The summed E-state index contributed by atoms with van der Waals surface area (Å²) in [6, 6.07) is 7.14. The molecule has 1 aromatic carbocycles. The van der Waals surface area contributed by atoms with Crippen molar-refractivity contribution in [2.24, 2.45) is 17.8 Å². The van der Waals surface area contributed by atoms with E-state index in [0.717, 1.165) is 23.5 Å². The highest BCUT2D eigenvalue weighted by Crippen LogP contribution is 2.49. The second-order valence-electron chi connectivity index (χ2n) is 6.90. The summed E-state index contributed by atoms with van der Waals surface area (Å²) in [5, 5.41) is 3.88. The van der Waals surface area contributed by atoms with Gasteiger partial charge in [0.1, 0.15) is 5.75 Å². The largest absolute Gasteiger partial charge is 0.497 e. The van der Waals surface area contributed by atoms with E-state index in [0.29, 0.717) is 6.04 Å². The van der Waals surface area contributed by atoms with Crippen LogP contribution < -0.4 is 10.1 Å². The van der Waals surface area contributed by atoms with Crippen LogP contribution in [0.4, 0.5) is 0 Å². The lowest BCUT2D eigenvalue weighted by atomic mass is 9.97. The van der Waals surface area contributed by atoms with E-state index in [4.69, 9.17) is 4.74 Å². The standard InChI is InChI=1S/C18H25NO/c1-20-15-8-6-12-7-9-18(16(12)10-15)19-11-17(13-2-3-13)14-4-5-14/h6,8,10,13-14,17-19H,2-5,7,9,11H2,1H3. The van der Waals surface area contributed by atoms with Crippen LogP contribution in [0.5, 0.6) is 5.75 Å². The van der Waals surface area contributed by atoms with E-state index < -0.39 is 0 Å². The second-order valence-corrected chi connectivity index (χ2v) is 6.90. The number of hydrogen-bond donors (Lipinski definition) is 1. The summed E-state index contributed by atoms with van der Waals surface area (Å²) >= 11 is 0. The summed E-state index contributed by atoms with van der Waals surface area (Å²) in [4.78, 5) is 0. The molecule has 20 heavy (non-hydrogen) atoms. The molecule has 2 heteroatoms. The molecule has 0 bridgehead atoms. The number of hydrogen-bond acceptors (Lipinski definition) is 2. The van der Waals surface area contributed by atoms with Gasteiger partial charge in [0.25, 0.3) is 0 Å². The molecule has 2 saturated carbocycles. The van der Waals surface area contributed by atoms with Crippen molar-refractivity contribution >= 4 is 0 Å². The summed E-state index contributed by atoms with van der Waals surface area (Å²) in [6.45, 7) is 1.23. The lowest BCUT2D eigenvalue weighted by Crippen LogP contribution is -2.28. The van der Waals surface area contributed by atoms with Crippen LogP contribution in [-0.4, -0.2) is 13.7 Å². The molecule has 2 nitrogen and oxygen atoms in total. The molecule has 0 aromatic heterocycles. The Labute approximate surface area is 121 Å². The fraction of sp³-hybridized carbons (Fsp3) is 0.667. The molecule has 4 rings (SSSR count). The SMILES string of the molecule is COc1ccc2c(c1)C(NCC(C1CC1)C1CC1)CC2. The topological polar surface area (TPSA) is 21.3 Å². The zero-order chi connectivity index (χ0) is 13.5. The van der Waals surface area contributed by atoms with E-state index >= 15 is 0 Å². The summed E-state index contributed by atoms with van der Waals surface area (Å²) in [5.74, 6) is 4.05. The minimum atomic E-state index is 0.556. The molecule has 0 radical (unpaired) electrons. The molecule has 1 aromatic rings. The number of ether oxygens (including phenoxy) is 1. The first kappa shape index (κ1) is 12.7. The summed E-state index contributed by atoms with van der Waals surface area (Å²) < 4.78 is 5.38. The van der Waals surface area contributed by atoms with Gasteiger partial charge in [0.05, 0.1) is 7.11 Å². The van der Waals surface area contributed by atoms with Crippen LogP contribution in [0.15, 0.2) is 18.2 Å². The maximum Gasteiger partial charge on any atom is 0.119 e. The van der Waals surface area contributed by atoms with Crippen molar-refractivity contribution in [3.8, 4) is 5.75 Å². The fourth-order valence-corrected chi connectivity index (χ4v) is 3.96. The molecule has 3 aliphatic carbocycles. The Kier molecular flexibility index (Phi) is 3.22. The number of benzene rings is 1. The van der Waals surface area contributed by atoms with E-state index in [1.165, 1.54) is 56.2 Å². The maximum atomic E-state index is 5.38. The Morgan fingerprint density at radius 1 is 1.15 bits per heavy atom. The van der Waals surface area contributed by atoms with Crippen LogP contribution in [0, 0.1) is 17.8 Å². The highest BCUT2D eigenvalue weighted by molar-refractivity contribution is 5.40. The van der Waals surface area contributed by atoms with E-state index in [9.17, 15) is 0 Å². The Bertz CT molecular complexity index is 478.